The summed E-state index contributed by atoms with van der Waals surface area (Å²) in [6.07, 6.45) is 1.88. The molecule has 1 aliphatic heterocycles. The van der Waals surface area contributed by atoms with Crippen LogP contribution in [-0.2, 0) is 19.6 Å². The third-order valence-corrected chi connectivity index (χ3v) is 4.19. The van der Waals surface area contributed by atoms with Gasteiger partial charge in [-0.25, -0.2) is 8.42 Å². The van der Waals surface area contributed by atoms with Crippen molar-refractivity contribution in [3.05, 3.63) is 23.6 Å². The number of nitrogens with zero attached hydrogens (tertiary/aromatic N) is 1. The van der Waals surface area contributed by atoms with Gasteiger partial charge in [-0.05, 0) is 24.0 Å². The van der Waals surface area contributed by atoms with E-state index in [2.05, 4.69) is 6.58 Å². The van der Waals surface area contributed by atoms with Crippen molar-refractivity contribution in [3.63, 3.8) is 0 Å². The highest BCUT2D eigenvalue weighted by atomic mass is 32.2. The molecule has 18 heavy (non-hydrogen) atoms. The summed E-state index contributed by atoms with van der Waals surface area (Å²) in [5.41, 5.74) is 0.655. The molecule has 0 saturated carbocycles. The van der Waals surface area contributed by atoms with Crippen LogP contribution in [0.2, 0.25) is 0 Å². The predicted molar refractivity (Wildman–Crippen MR) is 69.2 cm³/mol. The second-order valence-electron chi connectivity index (χ2n) is 4.72. The molecule has 102 valence electrons. The monoisotopic (exact) mass is 273 g/mol. The molecule has 0 fully saturated rings. The Morgan fingerprint density at radius 2 is 2.17 bits per heavy atom. The molecule has 0 saturated heterocycles. The van der Waals surface area contributed by atoms with Crippen LogP contribution in [0.15, 0.2) is 23.6 Å². The molecule has 6 heteroatoms. The van der Waals surface area contributed by atoms with Crippen LogP contribution in [0.5, 0.6) is 0 Å². The van der Waals surface area contributed by atoms with Crippen LogP contribution >= 0.6 is 0 Å². The van der Waals surface area contributed by atoms with Gasteiger partial charge in [0.15, 0.2) is 0 Å². The fourth-order valence-electron chi connectivity index (χ4n) is 1.80. The zero-order valence-corrected chi connectivity index (χ0v) is 11.7. The maximum absolute atomic E-state index is 12.0. The SMILES string of the molecule is C=C1C=CS(=O)(=O)N([C@H](CC(C)C)C(=O)OC)C1. The molecule has 1 atom stereocenters. The lowest BCUT2D eigenvalue weighted by Gasteiger charge is -2.31. The van der Waals surface area contributed by atoms with Gasteiger partial charge in [0.25, 0.3) is 0 Å². The number of carbonyl (C=O) groups excluding carboxylic acids is 1. The second kappa shape index (κ2) is 5.67. The first kappa shape index (κ1) is 14.9. The van der Waals surface area contributed by atoms with E-state index in [1.807, 2.05) is 13.8 Å². The van der Waals surface area contributed by atoms with Crippen LogP contribution in [0, 0.1) is 5.92 Å². The number of rotatable bonds is 4. The standard InChI is InChI=1S/C12H19NO4S/c1-9(2)7-11(12(14)17-4)13-8-10(3)5-6-18(13,15)16/h5-6,9,11H,3,7-8H2,1-2,4H3/t11-/m1/s1. The molecule has 1 rings (SSSR count). The topological polar surface area (TPSA) is 63.7 Å². The highest BCUT2D eigenvalue weighted by Gasteiger charge is 2.36. The summed E-state index contributed by atoms with van der Waals surface area (Å²) in [6.45, 7) is 7.72. The van der Waals surface area contributed by atoms with Crippen molar-refractivity contribution in [1.29, 1.82) is 0 Å². The Labute approximate surface area is 108 Å². The third-order valence-electron chi connectivity index (χ3n) is 2.68. The summed E-state index contributed by atoms with van der Waals surface area (Å²) in [7, 11) is -2.30. The van der Waals surface area contributed by atoms with Gasteiger partial charge in [0.2, 0.25) is 10.0 Å². The Kier molecular flexibility index (Phi) is 4.70. The van der Waals surface area contributed by atoms with E-state index in [1.54, 1.807) is 0 Å². The summed E-state index contributed by atoms with van der Waals surface area (Å²) < 4.78 is 29.8. The van der Waals surface area contributed by atoms with E-state index in [9.17, 15) is 13.2 Å². The molecule has 0 N–H and O–H groups in total. The fraction of sp³-hybridized carbons (Fsp3) is 0.583. The van der Waals surface area contributed by atoms with E-state index in [-0.39, 0.29) is 12.5 Å². The van der Waals surface area contributed by atoms with Gasteiger partial charge < -0.3 is 4.74 Å². The first-order valence-corrected chi connectivity index (χ1v) is 7.23. The Hall–Kier alpha value is -1.14. The first-order chi connectivity index (χ1) is 8.27. The molecule has 0 spiro atoms. The van der Waals surface area contributed by atoms with Crippen molar-refractivity contribution in [2.24, 2.45) is 5.92 Å². The molecule has 1 aliphatic rings. The zero-order valence-electron chi connectivity index (χ0n) is 10.9. The number of sulfonamides is 1. The quantitative estimate of drug-likeness (QED) is 0.724. The molecule has 0 amide bonds. The van der Waals surface area contributed by atoms with Gasteiger partial charge >= 0.3 is 5.97 Å². The molecule has 0 radical (unpaired) electrons. The van der Waals surface area contributed by atoms with Crippen LogP contribution < -0.4 is 0 Å². The molecule has 5 nitrogen and oxygen atoms in total. The van der Waals surface area contributed by atoms with Gasteiger partial charge in [-0.1, -0.05) is 20.4 Å². The lowest BCUT2D eigenvalue weighted by atomic mass is 10.0. The number of carbonyl (C=O) groups is 1. The Bertz CT molecular complexity index is 464. The summed E-state index contributed by atoms with van der Waals surface area (Å²) in [5, 5.41) is 1.08. The van der Waals surface area contributed by atoms with E-state index >= 15 is 0 Å². The molecule has 1 heterocycles. The second-order valence-corrected chi connectivity index (χ2v) is 6.49. The minimum Gasteiger partial charge on any atom is -0.468 e. The van der Waals surface area contributed by atoms with E-state index in [0.717, 1.165) is 9.71 Å². The van der Waals surface area contributed by atoms with Crippen LogP contribution in [0.25, 0.3) is 0 Å². The molecule has 0 aromatic rings. The van der Waals surface area contributed by atoms with Gasteiger partial charge in [0, 0.05) is 12.0 Å². The summed E-state index contributed by atoms with van der Waals surface area (Å²) in [5.74, 6) is -0.348. The van der Waals surface area contributed by atoms with E-state index in [1.165, 1.54) is 13.2 Å². The van der Waals surface area contributed by atoms with Crippen molar-refractivity contribution in [2.45, 2.75) is 26.3 Å². The van der Waals surface area contributed by atoms with Crippen LogP contribution in [0.3, 0.4) is 0 Å². The molecule has 0 aliphatic carbocycles. The van der Waals surface area contributed by atoms with Crippen molar-refractivity contribution in [2.75, 3.05) is 13.7 Å². The minimum absolute atomic E-state index is 0.130. The normalized spacial score (nSPS) is 21.0. The van der Waals surface area contributed by atoms with Gasteiger partial charge in [0.05, 0.1) is 7.11 Å². The van der Waals surface area contributed by atoms with E-state index in [4.69, 9.17) is 4.74 Å². The lowest BCUT2D eigenvalue weighted by molar-refractivity contribution is -0.145. The molecule has 0 aromatic heterocycles. The zero-order chi connectivity index (χ0) is 13.9. The Morgan fingerprint density at radius 1 is 1.56 bits per heavy atom. The number of hydrogen-bond acceptors (Lipinski definition) is 4. The molecular formula is C12H19NO4S. The number of esters is 1. The van der Waals surface area contributed by atoms with Crippen LogP contribution in [0.4, 0.5) is 0 Å². The molecule has 0 unspecified atom stereocenters. The number of hydrogen-bond donors (Lipinski definition) is 0. The van der Waals surface area contributed by atoms with Gasteiger partial charge in [0.1, 0.15) is 6.04 Å². The molecular weight excluding hydrogens is 254 g/mol. The van der Waals surface area contributed by atoms with Crippen molar-refractivity contribution in [1.82, 2.24) is 4.31 Å². The maximum Gasteiger partial charge on any atom is 0.324 e. The van der Waals surface area contributed by atoms with Crippen LogP contribution in [0.1, 0.15) is 20.3 Å². The first-order valence-electron chi connectivity index (χ1n) is 5.73. The van der Waals surface area contributed by atoms with Gasteiger partial charge in [-0.3, -0.25) is 4.79 Å². The fourth-order valence-corrected chi connectivity index (χ4v) is 3.20. The average molecular weight is 273 g/mol. The smallest absolute Gasteiger partial charge is 0.324 e. The maximum atomic E-state index is 12.0. The van der Waals surface area contributed by atoms with Gasteiger partial charge in [-0.2, -0.15) is 4.31 Å². The minimum atomic E-state index is -3.57. The summed E-state index contributed by atoms with van der Waals surface area (Å²) >= 11 is 0. The third kappa shape index (κ3) is 3.43. The summed E-state index contributed by atoms with van der Waals surface area (Å²) in [4.78, 5) is 11.8. The van der Waals surface area contributed by atoms with Crippen LogP contribution in [-0.4, -0.2) is 38.4 Å². The predicted octanol–water partition coefficient (Wildman–Crippen LogP) is 1.29. The number of methoxy groups -OCH3 is 1. The van der Waals surface area contributed by atoms with Crippen molar-refractivity contribution >= 4 is 16.0 Å². The largest absolute Gasteiger partial charge is 0.468 e. The average Bonchev–Trinajstić information content (AvgIpc) is 2.28. The molecule has 0 aromatic carbocycles. The molecule has 0 bridgehead atoms. The Balaban J connectivity index is 3.08. The number of ether oxygens (including phenoxy) is 1. The highest BCUT2D eigenvalue weighted by Crippen LogP contribution is 2.22. The Morgan fingerprint density at radius 3 is 2.67 bits per heavy atom. The lowest BCUT2D eigenvalue weighted by Crippen LogP contribution is -2.47. The summed E-state index contributed by atoms with van der Waals surface area (Å²) in [6, 6.07) is -0.790. The van der Waals surface area contributed by atoms with E-state index in [0.29, 0.717) is 12.0 Å². The highest BCUT2D eigenvalue weighted by molar-refractivity contribution is 7.92. The van der Waals surface area contributed by atoms with Gasteiger partial charge in [-0.15, -0.1) is 0 Å². The van der Waals surface area contributed by atoms with Crippen molar-refractivity contribution < 1.29 is 17.9 Å². The van der Waals surface area contributed by atoms with E-state index < -0.39 is 22.0 Å². The van der Waals surface area contributed by atoms with Crippen molar-refractivity contribution in [3.8, 4) is 0 Å².